The number of benzene rings is 1. The maximum atomic E-state index is 12.4. The van der Waals surface area contributed by atoms with E-state index >= 15 is 0 Å². The van der Waals surface area contributed by atoms with Crippen molar-refractivity contribution < 1.29 is 57.9 Å². The maximum absolute atomic E-state index is 12.4. The number of anilines is 2. The molecule has 164 valence electrons. The van der Waals surface area contributed by atoms with E-state index in [1.54, 1.807) is 24.3 Å². The minimum atomic E-state index is -4.55. The Morgan fingerprint density at radius 1 is 1.28 bits per heavy atom. The van der Waals surface area contributed by atoms with Crippen molar-refractivity contribution in [2.75, 3.05) is 18.1 Å². The number of hydrogen-bond donors (Lipinski definition) is 4. The summed E-state index contributed by atoms with van der Waals surface area (Å²) in [5.41, 5.74) is 11.5. The number of nitrogens with one attached hydrogen (secondary N) is 1. The van der Waals surface area contributed by atoms with Crippen molar-refractivity contribution in [2.24, 2.45) is 0 Å². The monoisotopic (exact) mass is 490 g/mol. The summed E-state index contributed by atoms with van der Waals surface area (Å²) >= 11 is 1.17. The number of aliphatic hydroxyl groups is 1. The third-order valence-electron chi connectivity index (χ3n) is 4.84. The number of aromatic amines is 1. The number of ether oxygens (including phenoxy) is 1. The Balaban J connectivity index is 0.00000245. The van der Waals surface area contributed by atoms with Crippen LogP contribution >= 0.6 is 19.6 Å². The zero-order valence-electron chi connectivity index (χ0n) is 16.6. The van der Waals surface area contributed by atoms with Gasteiger partial charge in [0.1, 0.15) is 18.3 Å². The van der Waals surface area contributed by atoms with Crippen molar-refractivity contribution >= 4 is 42.4 Å². The second kappa shape index (κ2) is 8.72. The predicted octanol–water partition coefficient (Wildman–Crippen LogP) is -3.42. The number of nitrogens with zero attached hydrogens (tertiary/aromatic N) is 3. The fourth-order valence-electron chi connectivity index (χ4n) is 3.46. The number of aromatic nitrogens is 4. The molecule has 5 atom stereocenters. The molecule has 0 aliphatic carbocycles. The van der Waals surface area contributed by atoms with E-state index in [0.717, 1.165) is 4.90 Å². The molecule has 0 bridgehead atoms. The van der Waals surface area contributed by atoms with Crippen molar-refractivity contribution in [3.05, 3.63) is 34.6 Å². The number of rotatable bonds is 3. The van der Waals surface area contributed by atoms with Crippen LogP contribution in [0.4, 0.5) is 11.6 Å². The summed E-state index contributed by atoms with van der Waals surface area (Å²) in [7, 11) is -4.55. The normalized spacial score (nSPS) is 29.6. The van der Waals surface area contributed by atoms with Gasteiger partial charge in [0, 0.05) is 10.6 Å². The number of H-pyrrole nitrogens is 1. The van der Waals surface area contributed by atoms with Gasteiger partial charge in [0.2, 0.25) is 5.95 Å². The molecular weight excluding hydrogens is 474 g/mol. The first kappa shape index (κ1) is 23.7. The Kier molecular flexibility index (Phi) is 6.46. The van der Waals surface area contributed by atoms with Gasteiger partial charge in [-0.15, -0.1) is 0 Å². The molecule has 2 saturated heterocycles. The van der Waals surface area contributed by atoms with Crippen LogP contribution in [0.2, 0.25) is 0 Å². The van der Waals surface area contributed by atoms with Crippen LogP contribution in [-0.2, 0) is 18.3 Å². The second-order valence-corrected chi connectivity index (χ2v) is 9.33. The molecule has 0 saturated carbocycles. The third-order valence-corrected chi connectivity index (χ3v) is 6.78. The Morgan fingerprint density at radius 2 is 2.00 bits per heavy atom. The number of phosphoric ester groups is 1. The summed E-state index contributed by atoms with van der Waals surface area (Å²) in [5.74, 6) is -0.156. The smallest absolute Gasteiger partial charge is 0.756 e. The van der Waals surface area contributed by atoms with Gasteiger partial charge in [-0.3, -0.25) is 18.9 Å². The summed E-state index contributed by atoms with van der Waals surface area (Å²) in [6.07, 6.45) is -4.62. The van der Waals surface area contributed by atoms with Gasteiger partial charge < -0.3 is 35.3 Å². The molecule has 0 spiro atoms. The number of fused-ring (bicyclic) bond motifs is 2. The van der Waals surface area contributed by atoms with Gasteiger partial charge in [-0.1, -0.05) is 11.8 Å². The number of nitrogen functional groups attached to an aromatic ring is 2. The van der Waals surface area contributed by atoms with E-state index in [1.807, 2.05) is 0 Å². The fourth-order valence-corrected chi connectivity index (χ4v) is 5.32. The van der Waals surface area contributed by atoms with Crippen LogP contribution in [0.5, 0.6) is 0 Å². The molecule has 3 aromatic rings. The number of nitrogens with two attached hydrogens (primary N) is 2. The maximum Gasteiger partial charge on any atom is 1.00 e. The molecule has 2 aromatic heterocycles. The van der Waals surface area contributed by atoms with Crippen molar-refractivity contribution in [3.63, 3.8) is 0 Å². The average molecular weight is 490 g/mol. The van der Waals surface area contributed by atoms with Gasteiger partial charge in [-0.2, -0.15) is 4.98 Å². The first-order chi connectivity index (χ1) is 14.7. The molecule has 0 amide bonds. The van der Waals surface area contributed by atoms with Gasteiger partial charge in [0.05, 0.1) is 6.61 Å². The number of imidazole rings is 1. The molecule has 1 unspecified atom stereocenters. The van der Waals surface area contributed by atoms with Crippen LogP contribution in [0, 0.1) is 0 Å². The summed E-state index contributed by atoms with van der Waals surface area (Å²) < 4.78 is 28.5. The minimum Gasteiger partial charge on any atom is -0.756 e. The van der Waals surface area contributed by atoms with Crippen molar-refractivity contribution in [1.29, 1.82) is 0 Å². The van der Waals surface area contributed by atoms with E-state index in [0.29, 0.717) is 5.69 Å². The van der Waals surface area contributed by atoms with E-state index in [1.165, 1.54) is 16.3 Å². The molecule has 1 aromatic carbocycles. The average Bonchev–Trinajstić information content (AvgIpc) is 3.20. The van der Waals surface area contributed by atoms with Crippen LogP contribution in [0.15, 0.2) is 39.1 Å². The Bertz CT molecular complexity index is 1270. The van der Waals surface area contributed by atoms with Crippen LogP contribution in [0.1, 0.15) is 6.23 Å². The van der Waals surface area contributed by atoms with E-state index in [2.05, 4.69) is 19.5 Å². The largest absolute Gasteiger partial charge is 1.00 e. The number of hydrogen-bond acceptors (Lipinski definition) is 12. The van der Waals surface area contributed by atoms with Gasteiger partial charge in [0.25, 0.3) is 13.4 Å². The zero-order chi connectivity index (χ0) is 21.9. The zero-order valence-corrected chi connectivity index (χ0v) is 20.3. The van der Waals surface area contributed by atoms with Gasteiger partial charge >= 0.3 is 29.6 Å². The first-order valence-corrected chi connectivity index (χ1v) is 11.3. The van der Waals surface area contributed by atoms with E-state index in [9.17, 15) is 19.4 Å². The van der Waals surface area contributed by atoms with Gasteiger partial charge in [-0.05, 0) is 24.3 Å². The molecule has 2 fully saturated rings. The molecule has 2 aliphatic rings. The van der Waals surface area contributed by atoms with E-state index < -0.39 is 37.9 Å². The summed E-state index contributed by atoms with van der Waals surface area (Å²) in [6, 6.07) is 6.91. The van der Waals surface area contributed by atoms with E-state index in [-0.39, 0.29) is 58.4 Å². The molecule has 0 radical (unpaired) electrons. The van der Waals surface area contributed by atoms with E-state index in [4.69, 9.17) is 20.7 Å². The standard InChI is InChI=1S/C16H17N6O7PS.Na/c17-6-1-3-7(4-2-6)31-16-19-9-12(20-15(18)21-13(9)24)22(16)14-10(23)11-8(28-14)5-27-30(25,26)29-11;/h1-4,8,10-11,14,23H,5,17H2,(H,25,26)(H3,18,20,21,24);/q;+1/p-1/t8-,10-,11-,14-;/m1./s1. The third kappa shape index (κ3) is 4.23. The minimum absolute atomic E-state index is 0. The fraction of sp³-hybridized carbons (Fsp3) is 0.312. The Morgan fingerprint density at radius 3 is 2.72 bits per heavy atom. The SMILES string of the molecule is Nc1ccc(Sc2nc3c(=O)[nH]c(N)nc3n2[C@@H]2O[C@@H]3COP(=O)([O-])O[C@H]3[C@H]2O)cc1.[Na+]. The number of phosphoric acid groups is 1. The van der Waals surface area contributed by atoms with Crippen LogP contribution in [-0.4, -0.2) is 49.5 Å². The van der Waals surface area contributed by atoms with Gasteiger partial charge in [-0.25, -0.2) is 4.98 Å². The molecule has 6 N–H and O–H groups in total. The first-order valence-electron chi connectivity index (χ1n) is 9.00. The van der Waals surface area contributed by atoms with Crippen LogP contribution < -0.4 is 51.5 Å². The topological polar surface area (TPSA) is 204 Å². The Labute approximate surface area is 206 Å². The van der Waals surface area contributed by atoms with Gasteiger partial charge in [0.15, 0.2) is 22.5 Å². The molecule has 32 heavy (non-hydrogen) atoms. The second-order valence-electron chi connectivity index (χ2n) is 6.93. The predicted molar refractivity (Wildman–Crippen MR) is 106 cm³/mol. The van der Waals surface area contributed by atoms with Crippen LogP contribution in [0.3, 0.4) is 0 Å². The molecule has 13 nitrogen and oxygen atoms in total. The number of aliphatic hydroxyl groups excluding tert-OH is 1. The summed E-state index contributed by atoms with van der Waals surface area (Å²) in [4.78, 5) is 35.7. The molecule has 5 rings (SSSR count). The van der Waals surface area contributed by atoms with Crippen molar-refractivity contribution in [3.8, 4) is 0 Å². The quantitative estimate of drug-likeness (QED) is 0.161. The molecule has 16 heteroatoms. The summed E-state index contributed by atoms with van der Waals surface area (Å²) in [6.45, 7) is -0.317. The van der Waals surface area contributed by atoms with Crippen molar-refractivity contribution in [2.45, 2.75) is 34.6 Å². The Hall–Kier alpha value is -1.45. The summed E-state index contributed by atoms with van der Waals surface area (Å²) in [5, 5.41) is 11.1. The molecular formula is C16H16N6NaO7PS. The van der Waals surface area contributed by atoms with Crippen LogP contribution in [0.25, 0.3) is 11.2 Å². The van der Waals surface area contributed by atoms with Crippen molar-refractivity contribution in [1.82, 2.24) is 19.5 Å². The molecule has 4 heterocycles. The molecule has 2 aliphatic heterocycles.